The van der Waals surface area contributed by atoms with Crippen LogP contribution in [0.5, 0.6) is 5.75 Å². The Hall–Kier alpha value is -2.15. The van der Waals surface area contributed by atoms with Crippen LogP contribution in [0.15, 0.2) is 35.2 Å². The summed E-state index contributed by atoms with van der Waals surface area (Å²) < 4.78 is 5.98. The Morgan fingerprint density at radius 2 is 2.30 bits per heavy atom. The van der Waals surface area contributed by atoms with Crippen LogP contribution >= 0.6 is 15.9 Å². The molecule has 0 atom stereocenters. The van der Waals surface area contributed by atoms with E-state index in [1.165, 1.54) is 12.5 Å². The van der Waals surface area contributed by atoms with Crippen LogP contribution in [-0.2, 0) is 6.54 Å². The number of carbonyl (C=O) groups is 1. The summed E-state index contributed by atoms with van der Waals surface area (Å²) in [5.41, 5.74) is 1.01. The molecule has 0 aliphatic carbocycles. The standard InChI is InChI=1S/C13H12BrN3O3/c1-20-11-3-2-8(4-10(11)14)5-16-12-9(13(18)19)6-15-7-17-12/h2-4,6-7H,5H2,1H3,(H,18,19)(H,15,16,17). The average Bonchev–Trinajstić information content (AvgIpc) is 2.45. The van der Waals surface area contributed by atoms with Gasteiger partial charge in [-0.1, -0.05) is 6.07 Å². The normalized spacial score (nSPS) is 10.1. The van der Waals surface area contributed by atoms with E-state index in [1.54, 1.807) is 7.11 Å². The molecule has 0 saturated carbocycles. The molecule has 0 aliphatic rings. The number of ether oxygens (including phenoxy) is 1. The minimum atomic E-state index is -1.07. The van der Waals surface area contributed by atoms with Gasteiger partial charge in [0.05, 0.1) is 11.6 Å². The minimum Gasteiger partial charge on any atom is -0.496 e. The second kappa shape index (κ2) is 6.33. The van der Waals surface area contributed by atoms with Crippen LogP contribution in [0, 0.1) is 0 Å². The molecule has 2 N–H and O–H groups in total. The summed E-state index contributed by atoms with van der Waals surface area (Å²) in [7, 11) is 1.60. The third-order valence-corrected chi connectivity index (χ3v) is 3.24. The van der Waals surface area contributed by atoms with Gasteiger partial charge in [0.15, 0.2) is 0 Å². The summed E-state index contributed by atoms with van der Waals surface area (Å²) in [4.78, 5) is 18.7. The second-order valence-corrected chi connectivity index (χ2v) is 4.77. The zero-order chi connectivity index (χ0) is 14.5. The molecule has 1 aromatic carbocycles. The zero-order valence-corrected chi connectivity index (χ0v) is 12.2. The van der Waals surface area contributed by atoms with Crippen molar-refractivity contribution in [2.75, 3.05) is 12.4 Å². The first kappa shape index (κ1) is 14.3. The lowest BCUT2D eigenvalue weighted by molar-refractivity contribution is 0.0697. The molecule has 0 saturated heterocycles. The lowest BCUT2D eigenvalue weighted by Crippen LogP contribution is -2.08. The number of rotatable bonds is 5. The van der Waals surface area contributed by atoms with Crippen molar-refractivity contribution in [3.63, 3.8) is 0 Å². The van der Waals surface area contributed by atoms with Gasteiger partial charge in [-0.25, -0.2) is 14.8 Å². The number of carboxylic acid groups (broad SMARTS) is 1. The molecule has 20 heavy (non-hydrogen) atoms. The van der Waals surface area contributed by atoms with Crippen molar-refractivity contribution in [2.45, 2.75) is 6.54 Å². The fourth-order valence-corrected chi connectivity index (χ4v) is 2.22. The van der Waals surface area contributed by atoms with Crippen molar-refractivity contribution in [1.29, 1.82) is 0 Å². The number of benzene rings is 1. The van der Waals surface area contributed by atoms with Crippen molar-refractivity contribution in [3.05, 3.63) is 46.3 Å². The smallest absolute Gasteiger partial charge is 0.341 e. The predicted octanol–water partition coefficient (Wildman–Crippen LogP) is 2.56. The Morgan fingerprint density at radius 3 is 2.95 bits per heavy atom. The molecule has 2 rings (SSSR count). The van der Waals surface area contributed by atoms with Crippen LogP contribution in [0.1, 0.15) is 15.9 Å². The maximum Gasteiger partial charge on any atom is 0.341 e. The quantitative estimate of drug-likeness (QED) is 0.872. The highest BCUT2D eigenvalue weighted by molar-refractivity contribution is 9.10. The molecule has 0 amide bonds. The summed E-state index contributed by atoms with van der Waals surface area (Å²) in [6.07, 6.45) is 2.57. The van der Waals surface area contributed by atoms with Gasteiger partial charge in [0.25, 0.3) is 0 Å². The van der Waals surface area contributed by atoms with Crippen molar-refractivity contribution >= 4 is 27.7 Å². The molecule has 104 valence electrons. The van der Waals surface area contributed by atoms with Gasteiger partial charge in [-0.15, -0.1) is 0 Å². The van der Waals surface area contributed by atoms with E-state index in [4.69, 9.17) is 9.84 Å². The third-order valence-electron chi connectivity index (χ3n) is 2.62. The highest BCUT2D eigenvalue weighted by Gasteiger charge is 2.11. The van der Waals surface area contributed by atoms with E-state index in [0.29, 0.717) is 12.4 Å². The Balaban J connectivity index is 2.13. The van der Waals surface area contributed by atoms with Gasteiger partial charge in [0.1, 0.15) is 23.5 Å². The molecule has 0 radical (unpaired) electrons. The van der Waals surface area contributed by atoms with Gasteiger partial charge >= 0.3 is 5.97 Å². The van der Waals surface area contributed by atoms with Crippen LogP contribution < -0.4 is 10.1 Å². The van der Waals surface area contributed by atoms with Gasteiger partial charge in [-0.05, 0) is 33.6 Å². The van der Waals surface area contributed by atoms with Gasteiger partial charge < -0.3 is 15.2 Å². The summed E-state index contributed by atoms with van der Waals surface area (Å²) in [6, 6.07) is 5.62. The van der Waals surface area contributed by atoms with E-state index >= 15 is 0 Å². The first-order chi connectivity index (χ1) is 9.61. The van der Waals surface area contributed by atoms with Crippen LogP contribution in [0.2, 0.25) is 0 Å². The van der Waals surface area contributed by atoms with E-state index < -0.39 is 5.97 Å². The number of hydrogen-bond donors (Lipinski definition) is 2. The SMILES string of the molecule is COc1ccc(CNc2ncncc2C(=O)O)cc1Br. The molecule has 7 heteroatoms. The number of carboxylic acids is 1. The molecular weight excluding hydrogens is 326 g/mol. The largest absolute Gasteiger partial charge is 0.496 e. The third kappa shape index (κ3) is 3.24. The second-order valence-electron chi connectivity index (χ2n) is 3.91. The Kier molecular flexibility index (Phi) is 4.52. The number of nitrogens with one attached hydrogen (secondary N) is 1. The molecule has 0 bridgehead atoms. The van der Waals surface area contributed by atoms with Crippen LogP contribution in [0.4, 0.5) is 5.82 Å². The molecule has 0 aliphatic heterocycles. The fourth-order valence-electron chi connectivity index (χ4n) is 1.63. The van der Waals surface area contributed by atoms with Crippen molar-refractivity contribution in [3.8, 4) is 5.75 Å². The average molecular weight is 338 g/mol. The molecule has 0 fully saturated rings. The van der Waals surface area contributed by atoms with E-state index in [0.717, 1.165) is 15.8 Å². The molecular formula is C13H12BrN3O3. The molecule has 1 aromatic heterocycles. The molecule has 0 spiro atoms. The van der Waals surface area contributed by atoms with Gasteiger partial charge in [-0.3, -0.25) is 0 Å². The Bertz CT molecular complexity index is 634. The highest BCUT2D eigenvalue weighted by atomic mass is 79.9. The number of hydrogen-bond acceptors (Lipinski definition) is 5. The van der Waals surface area contributed by atoms with Crippen LogP contribution in [-0.4, -0.2) is 28.2 Å². The first-order valence-electron chi connectivity index (χ1n) is 5.71. The Labute approximate surface area is 124 Å². The zero-order valence-electron chi connectivity index (χ0n) is 10.6. The number of nitrogens with zero attached hydrogens (tertiary/aromatic N) is 2. The summed E-state index contributed by atoms with van der Waals surface area (Å²) in [5, 5.41) is 12.0. The first-order valence-corrected chi connectivity index (χ1v) is 6.50. The van der Waals surface area contributed by atoms with Crippen molar-refractivity contribution < 1.29 is 14.6 Å². The monoisotopic (exact) mass is 337 g/mol. The van der Waals surface area contributed by atoms with Gasteiger partial charge in [-0.2, -0.15) is 0 Å². The van der Waals surface area contributed by atoms with Crippen molar-refractivity contribution in [2.24, 2.45) is 0 Å². The molecule has 0 unspecified atom stereocenters. The van der Waals surface area contributed by atoms with E-state index in [-0.39, 0.29) is 5.56 Å². The number of aromatic nitrogens is 2. The van der Waals surface area contributed by atoms with Crippen molar-refractivity contribution in [1.82, 2.24) is 9.97 Å². The maximum absolute atomic E-state index is 11.0. The van der Waals surface area contributed by atoms with Crippen LogP contribution in [0.3, 0.4) is 0 Å². The minimum absolute atomic E-state index is 0.0417. The molecule has 1 heterocycles. The van der Waals surface area contributed by atoms with E-state index in [9.17, 15) is 4.79 Å². The summed E-state index contributed by atoms with van der Waals surface area (Å²) in [6.45, 7) is 0.444. The maximum atomic E-state index is 11.0. The number of aromatic carboxylic acids is 1. The summed E-state index contributed by atoms with van der Waals surface area (Å²) >= 11 is 3.40. The molecule has 2 aromatic rings. The van der Waals surface area contributed by atoms with E-state index in [2.05, 4.69) is 31.2 Å². The highest BCUT2D eigenvalue weighted by Crippen LogP contribution is 2.25. The van der Waals surface area contributed by atoms with Crippen LogP contribution in [0.25, 0.3) is 0 Å². The van der Waals surface area contributed by atoms with Gasteiger partial charge in [0.2, 0.25) is 0 Å². The lowest BCUT2D eigenvalue weighted by atomic mass is 10.2. The number of halogens is 1. The lowest BCUT2D eigenvalue weighted by Gasteiger charge is -2.09. The topological polar surface area (TPSA) is 84.3 Å². The Morgan fingerprint density at radius 1 is 1.50 bits per heavy atom. The number of methoxy groups -OCH3 is 1. The molecule has 6 nitrogen and oxygen atoms in total. The van der Waals surface area contributed by atoms with E-state index in [1.807, 2.05) is 18.2 Å². The fraction of sp³-hybridized carbons (Fsp3) is 0.154. The summed E-state index contributed by atoms with van der Waals surface area (Å²) in [5.74, 6) is -0.0366. The van der Waals surface area contributed by atoms with Gasteiger partial charge in [0, 0.05) is 12.7 Å². The number of anilines is 1. The predicted molar refractivity (Wildman–Crippen MR) is 77.0 cm³/mol.